The van der Waals surface area contributed by atoms with Gasteiger partial charge in [0.25, 0.3) is 0 Å². The van der Waals surface area contributed by atoms with Crippen LogP contribution in [-0.2, 0) is 4.79 Å². The SMILES string of the molecule is CC(C)CCNC(=O)C(C)NCCC1=CCCCC1. The van der Waals surface area contributed by atoms with Crippen molar-refractivity contribution < 1.29 is 4.79 Å². The molecule has 1 unspecified atom stereocenters. The fourth-order valence-corrected chi connectivity index (χ4v) is 2.31. The molecule has 1 aliphatic rings. The molecule has 1 aliphatic carbocycles. The summed E-state index contributed by atoms with van der Waals surface area (Å²) in [5, 5.41) is 6.30. The summed E-state index contributed by atoms with van der Waals surface area (Å²) in [6, 6.07) is -0.0867. The average molecular weight is 266 g/mol. The van der Waals surface area contributed by atoms with Crippen molar-refractivity contribution in [2.24, 2.45) is 5.92 Å². The van der Waals surface area contributed by atoms with Crippen LogP contribution in [0.2, 0.25) is 0 Å². The van der Waals surface area contributed by atoms with Gasteiger partial charge in [-0.15, -0.1) is 0 Å². The Bertz CT molecular complexity index is 297. The normalized spacial score (nSPS) is 17.2. The first kappa shape index (κ1) is 16.2. The van der Waals surface area contributed by atoms with Crippen molar-refractivity contribution >= 4 is 5.91 Å². The second kappa shape index (κ2) is 9.13. The number of hydrogen-bond acceptors (Lipinski definition) is 2. The van der Waals surface area contributed by atoms with E-state index in [0.717, 1.165) is 25.9 Å². The third kappa shape index (κ3) is 7.36. The molecular formula is C16H30N2O. The Morgan fingerprint density at radius 2 is 2.05 bits per heavy atom. The van der Waals surface area contributed by atoms with Crippen LogP contribution in [0.1, 0.15) is 59.3 Å². The molecule has 1 amide bonds. The quantitative estimate of drug-likeness (QED) is 0.663. The van der Waals surface area contributed by atoms with Crippen LogP contribution in [0, 0.1) is 5.92 Å². The van der Waals surface area contributed by atoms with Crippen LogP contribution in [0.15, 0.2) is 11.6 Å². The number of hydrogen-bond donors (Lipinski definition) is 2. The van der Waals surface area contributed by atoms with Crippen molar-refractivity contribution in [1.82, 2.24) is 10.6 Å². The average Bonchev–Trinajstić information content (AvgIpc) is 2.39. The van der Waals surface area contributed by atoms with Gasteiger partial charge in [0, 0.05) is 6.54 Å². The summed E-state index contributed by atoms with van der Waals surface area (Å²) in [5.74, 6) is 0.764. The standard InChI is InChI=1S/C16H30N2O/c1-13(2)9-11-18-16(19)14(3)17-12-10-15-7-5-4-6-8-15/h7,13-14,17H,4-6,8-12H2,1-3H3,(H,18,19). The van der Waals surface area contributed by atoms with Gasteiger partial charge in [-0.2, -0.15) is 0 Å². The van der Waals surface area contributed by atoms with Gasteiger partial charge in [0.15, 0.2) is 0 Å². The van der Waals surface area contributed by atoms with Crippen molar-refractivity contribution in [3.8, 4) is 0 Å². The Kier molecular flexibility index (Phi) is 7.80. The summed E-state index contributed by atoms with van der Waals surface area (Å²) in [7, 11) is 0. The van der Waals surface area contributed by atoms with Gasteiger partial charge in [0.2, 0.25) is 5.91 Å². The molecule has 0 saturated heterocycles. The number of rotatable bonds is 8. The number of allylic oxidation sites excluding steroid dienone is 1. The van der Waals surface area contributed by atoms with Gasteiger partial charge in [0.1, 0.15) is 0 Å². The van der Waals surface area contributed by atoms with Gasteiger partial charge in [-0.1, -0.05) is 25.5 Å². The Morgan fingerprint density at radius 3 is 2.68 bits per heavy atom. The second-order valence-electron chi connectivity index (χ2n) is 6.01. The Morgan fingerprint density at radius 1 is 1.26 bits per heavy atom. The molecule has 0 radical (unpaired) electrons. The maximum absolute atomic E-state index is 11.8. The lowest BCUT2D eigenvalue weighted by molar-refractivity contribution is -0.122. The van der Waals surface area contributed by atoms with E-state index in [2.05, 4.69) is 30.6 Å². The number of carbonyl (C=O) groups is 1. The van der Waals surface area contributed by atoms with E-state index in [1.807, 2.05) is 6.92 Å². The first-order valence-electron chi connectivity index (χ1n) is 7.78. The Labute approximate surface area is 118 Å². The van der Waals surface area contributed by atoms with Crippen LogP contribution < -0.4 is 10.6 Å². The lowest BCUT2D eigenvalue weighted by Crippen LogP contribution is -2.43. The summed E-state index contributed by atoms with van der Waals surface area (Å²) in [5.41, 5.74) is 1.56. The van der Waals surface area contributed by atoms with E-state index in [9.17, 15) is 4.79 Å². The van der Waals surface area contributed by atoms with E-state index in [1.54, 1.807) is 5.57 Å². The van der Waals surface area contributed by atoms with Gasteiger partial charge in [-0.3, -0.25) is 4.79 Å². The summed E-state index contributed by atoms with van der Waals surface area (Å²) < 4.78 is 0. The molecule has 0 aromatic carbocycles. The topological polar surface area (TPSA) is 41.1 Å². The highest BCUT2D eigenvalue weighted by atomic mass is 16.2. The highest BCUT2D eigenvalue weighted by Gasteiger charge is 2.11. The minimum absolute atomic E-state index is 0.0867. The van der Waals surface area contributed by atoms with E-state index in [1.165, 1.54) is 25.7 Å². The third-order valence-corrected chi connectivity index (χ3v) is 3.70. The van der Waals surface area contributed by atoms with Crippen LogP contribution in [0.5, 0.6) is 0 Å². The molecule has 0 heterocycles. The Hall–Kier alpha value is -0.830. The van der Waals surface area contributed by atoms with Crippen LogP contribution in [0.25, 0.3) is 0 Å². The maximum Gasteiger partial charge on any atom is 0.236 e. The van der Waals surface area contributed by atoms with Crippen molar-refractivity contribution in [2.45, 2.75) is 65.3 Å². The smallest absolute Gasteiger partial charge is 0.236 e. The minimum atomic E-state index is -0.0867. The summed E-state index contributed by atoms with van der Waals surface area (Å²) in [6.45, 7) is 7.98. The van der Waals surface area contributed by atoms with E-state index >= 15 is 0 Å². The predicted molar refractivity (Wildman–Crippen MR) is 81.1 cm³/mol. The summed E-state index contributed by atoms with van der Waals surface area (Å²) in [6.07, 6.45) is 9.66. The molecule has 0 aliphatic heterocycles. The predicted octanol–water partition coefficient (Wildman–Crippen LogP) is 3.02. The molecule has 19 heavy (non-hydrogen) atoms. The Balaban J connectivity index is 2.10. The zero-order valence-corrected chi connectivity index (χ0v) is 12.8. The van der Waals surface area contributed by atoms with Gasteiger partial charge < -0.3 is 10.6 Å². The van der Waals surface area contributed by atoms with Crippen molar-refractivity contribution in [2.75, 3.05) is 13.1 Å². The highest BCUT2D eigenvalue weighted by molar-refractivity contribution is 5.81. The van der Waals surface area contributed by atoms with Crippen LogP contribution >= 0.6 is 0 Å². The first-order valence-corrected chi connectivity index (χ1v) is 7.78. The molecule has 0 aromatic heterocycles. The fourth-order valence-electron chi connectivity index (χ4n) is 2.31. The van der Waals surface area contributed by atoms with Crippen LogP contribution in [0.4, 0.5) is 0 Å². The van der Waals surface area contributed by atoms with E-state index in [-0.39, 0.29) is 11.9 Å². The second-order valence-corrected chi connectivity index (χ2v) is 6.01. The van der Waals surface area contributed by atoms with Crippen LogP contribution in [0.3, 0.4) is 0 Å². The maximum atomic E-state index is 11.8. The van der Waals surface area contributed by atoms with E-state index in [0.29, 0.717) is 5.92 Å². The zero-order chi connectivity index (χ0) is 14.1. The fraction of sp³-hybridized carbons (Fsp3) is 0.812. The number of amides is 1. The van der Waals surface area contributed by atoms with Crippen molar-refractivity contribution in [1.29, 1.82) is 0 Å². The van der Waals surface area contributed by atoms with Crippen LogP contribution in [-0.4, -0.2) is 25.0 Å². The van der Waals surface area contributed by atoms with Gasteiger partial charge in [0.05, 0.1) is 6.04 Å². The van der Waals surface area contributed by atoms with Gasteiger partial charge in [-0.05, 0) is 57.9 Å². The molecule has 0 fully saturated rings. The molecule has 0 bridgehead atoms. The van der Waals surface area contributed by atoms with Crippen molar-refractivity contribution in [3.05, 3.63) is 11.6 Å². The van der Waals surface area contributed by atoms with E-state index < -0.39 is 0 Å². The number of nitrogens with one attached hydrogen (secondary N) is 2. The molecule has 3 nitrogen and oxygen atoms in total. The number of carbonyl (C=O) groups excluding carboxylic acids is 1. The molecule has 0 saturated carbocycles. The molecular weight excluding hydrogens is 236 g/mol. The highest BCUT2D eigenvalue weighted by Crippen LogP contribution is 2.19. The van der Waals surface area contributed by atoms with Gasteiger partial charge in [-0.25, -0.2) is 0 Å². The molecule has 110 valence electrons. The molecule has 3 heteroatoms. The monoisotopic (exact) mass is 266 g/mol. The third-order valence-electron chi connectivity index (χ3n) is 3.70. The summed E-state index contributed by atoms with van der Waals surface area (Å²) in [4.78, 5) is 11.8. The lowest BCUT2D eigenvalue weighted by atomic mass is 9.97. The molecule has 0 aromatic rings. The molecule has 2 N–H and O–H groups in total. The molecule has 1 rings (SSSR count). The van der Waals surface area contributed by atoms with E-state index in [4.69, 9.17) is 0 Å². The van der Waals surface area contributed by atoms with Crippen molar-refractivity contribution in [3.63, 3.8) is 0 Å². The van der Waals surface area contributed by atoms with Gasteiger partial charge >= 0.3 is 0 Å². The molecule has 0 spiro atoms. The summed E-state index contributed by atoms with van der Waals surface area (Å²) >= 11 is 0. The first-order chi connectivity index (χ1) is 9.09. The minimum Gasteiger partial charge on any atom is -0.355 e. The lowest BCUT2D eigenvalue weighted by Gasteiger charge is -2.16. The largest absolute Gasteiger partial charge is 0.355 e. The zero-order valence-electron chi connectivity index (χ0n) is 12.8. The molecule has 1 atom stereocenters.